The van der Waals surface area contributed by atoms with Crippen molar-refractivity contribution in [3.8, 4) is 0 Å². The van der Waals surface area contributed by atoms with E-state index in [-0.39, 0.29) is 24.1 Å². The molecule has 1 atom stereocenters. The van der Waals surface area contributed by atoms with E-state index < -0.39 is 5.54 Å². The Morgan fingerprint density at radius 2 is 1.89 bits per heavy atom. The number of ether oxygens (including phenoxy) is 3. The average Bonchev–Trinajstić information content (AvgIpc) is 3.11. The van der Waals surface area contributed by atoms with E-state index in [1.54, 1.807) is 6.92 Å². The summed E-state index contributed by atoms with van der Waals surface area (Å²) in [5.41, 5.74) is 4.99. The van der Waals surface area contributed by atoms with Crippen molar-refractivity contribution in [1.82, 2.24) is 0 Å². The van der Waals surface area contributed by atoms with Crippen LogP contribution in [0.3, 0.4) is 0 Å². The first-order chi connectivity index (χ1) is 8.79. The Kier molecular flexibility index (Phi) is 5.77. The third-order valence-corrected chi connectivity index (χ3v) is 3.06. The zero-order valence-corrected chi connectivity index (χ0v) is 12.5. The van der Waals surface area contributed by atoms with Crippen LogP contribution in [0.15, 0.2) is 0 Å². The van der Waals surface area contributed by atoms with Crippen LogP contribution >= 0.6 is 0 Å². The zero-order chi connectivity index (χ0) is 14.5. The van der Waals surface area contributed by atoms with E-state index in [0.717, 1.165) is 12.8 Å². The normalized spacial score (nSPS) is 19.0. The molecule has 0 aromatic heterocycles. The standard InChI is InChI=1S/C14H27NO4/c1-5-18-12(16)14(15,11-6-7-11)10-17-8-9-19-13(2,3)4/h11H,5-10,15H2,1-4H3. The van der Waals surface area contributed by atoms with Crippen molar-refractivity contribution in [2.75, 3.05) is 26.4 Å². The highest BCUT2D eigenvalue weighted by Gasteiger charge is 2.49. The first-order valence-electron chi connectivity index (χ1n) is 6.97. The number of hydrogen-bond acceptors (Lipinski definition) is 5. The summed E-state index contributed by atoms with van der Waals surface area (Å²) in [6, 6.07) is 0. The van der Waals surface area contributed by atoms with Gasteiger partial charge in [-0.15, -0.1) is 0 Å². The monoisotopic (exact) mass is 273 g/mol. The fourth-order valence-corrected chi connectivity index (χ4v) is 1.86. The predicted molar refractivity (Wildman–Crippen MR) is 72.8 cm³/mol. The molecule has 0 aromatic rings. The third-order valence-electron chi connectivity index (χ3n) is 3.06. The molecule has 1 saturated carbocycles. The molecule has 1 aliphatic rings. The van der Waals surface area contributed by atoms with Crippen LogP contribution in [0.25, 0.3) is 0 Å². The van der Waals surface area contributed by atoms with Gasteiger partial charge in [0.15, 0.2) is 0 Å². The summed E-state index contributed by atoms with van der Waals surface area (Å²) in [5.74, 6) is -0.163. The first-order valence-corrected chi connectivity index (χ1v) is 6.97. The topological polar surface area (TPSA) is 70.8 Å². The molecule has 0 heterocycles. The molecule has 2 N–H and O–H groups in total. The molecule has 0 bridgehead atoms. The molecule has 0 amide bonds. The quantitative estimate of drug-likeness (QED) is 0.536. The number of carbonyl (C=O) groups is 1. The molecule has 112 valence electrons. The van der Waals surface area contributed by atoms with Crippen molar-refractivity contribution in [2.45, 2.75) is 51.7 Å². The van der Waals surface area contributed by atoms with E-state index in [1.807, 2.05) is 20.8 Å². The van der Waals surface area contributed by atoms with Crippen molar-refractivity contribution in [3.05, 3.63) is 0 Å². The van der Waals surface area contributed by atoms with E-state index in [2.05, 4.69) is 0 Å². The predicted octanol–water partition coefficient (Wildman–Crippen LogP) is 1.49. The SMILES string of the molecule is CCOC(=O)C(N)(COCCOC(C)(C)C)C1CC1. The highest BCUT2D eigenvalue weighted by molar-refractivity contribution is 5.81. The van der Waals surface area contributed by atoms with Gasteiger partial charge in [0.25, 0.3) is 0 Å². The maximum Gasteiger partial charge on any atom is 0.328 e. The van der Waals surface area contributed by atoms with Crippen molar-refractivity contribution in [3.63, 3.8) is 0 Å². The van der Waals surface area contributed by atoms with Gasteiger partial charge in [-0.1, -0.05) is 0 Å². The van der Waals surface area contributed by atoms with Crippen LogP contribution in [0.5, 0.6) is 0 Å². The van der Waals surface area contributed by atoms with Gasteiger partial charge < -0.3 is 19.9 Å². The number of nitrogens with two attached hydrogens (primary N) is 1. The molecule has 1 fully saturated rings. The minimum Gasteiger partial charge on any atom is -0.465 e. The van der Waals surface area contributed by atoms with Crippen LogP contribution in [0, 0.1) is 5.92 Å². The van der Waals surface area contributed by atoms with Crippen LogP contribution in [-0.2, 0) is 19.0 Å². The maximum absolute atomic E-state index is 11.9. The second-order valence-electron chi connectivity index (χ2n) is 6.05. The largest absolute Gasteiger partial charge is 0.465 e. The molecule has 1 rings (SSSR count). The highest BCUT2D eigenvalue weighted by Crippen LogP contribution is 2.39. The van der Waals surface area contributed by atoms with Crippen LogP contribution < -0.4 is 5.73 Å². The van der Waals surface area contributed by atoms with Crippen molar-refractivity contribution in [2.24, 2.45) is 11.7 Å². The molecule has 0 aliphatic heterocycles. The fraction of sp³-hybridized carbons (Fsp3) is 0.929. The number of rotatable bonds is 8. The molecule has 19 heavy (non-hydrogen) atoms. The molecular weight excluding hydrogens is 246 g/mol. The van der Waals surface area contributed by atoms with Gasteiger partial charge in [0.1, 0.15) is 5.54 Å². The van der Waals surface area contributed by atoms with Crippen molar-refractivity contribution >= 4 is 5.97 Å². The molecule has 1 aliphatic carbocycles. The average molecular weight is 273 g/mol. The lowest BCUT2D eigenvalue weighted by molar-refractivity contribution is -0.154. The summed E-state index contributed by atoms with van der Waals surface area (Å²) in [6.07, 6.45) is 1.94. The van der Waals surface area contributed by atoms with E-state index in [1.165, 1.54) is 0 Å². The van der Waals surface area contributed by atoms with Gasteiger partial charge in [0.2, 0.25) is 0 Å². The van der Waals surface area contributed by atoms with E-state index in [0.29, 0.717) is 19.8 Å². The summed E-state index contributed by atoms with van der Waals surface area (Å²) < 4.78 is 16.1. The van der Waals surface area contributed by atoms with Gasteiger partial charge in [-0.2, -0.15) is 0 Å². The third kappa shape index (κ3) is 5.47. The van der Waals surface area contributed by atoms with Crippen LogP contribution in [0.2, 0.25) is 0 Å². The second kappa shape index (κ2) is 6.68. The summed E-state index contributed by atoms with van der Waals surface area (Å²) in [5, 5.41) is 0. The Morgan fingerprint density at radius 1 is 1.26 bits per heavy atom. The minimum atomic E-state index is -0.988. The zero-order valence-electron chi connectivity index (χ0n) is 12.5. The minimum absolute atomic E-state index is 0.180. The van der Waals surface area contributed by atoms with Gasteiger partial charge in [-0.25, -0.2) is 4.79 Å². The Bertz CT molecular complexity index is 296. The lowest BCUT2D eigenvalue weighted by Crippen LogP contribution is -2.55. The molecular formula is C14H27NO4. The molecule has 0 radical (unpaired) electrons. The van der Waals surface area contributed by atoms with Crippen LogP contribution in [0.4, 0.5) is 0 Å². The van der Waals surface area contributed by atoms with Crippen LogP contribution in [-0.4, -0.2) is 43.5 Å². The Balaban J connectivity index is 2.32. The van der Waals surface area contributed by atoms with Gasteiger partial charge in [-0.3, -0.25) is 0 Å². The van der Waals surface area contributed by atoms with E-state index in [9.17, 15) is 4.79 Å². The number of hydrogen-bond donors (Lipinski definition) is 1. The molecule has 0 spiro atoms. The maximum atomic E-state index is 11.9. The number of esters is 1. The highest BCUT2D eigenvalue weighted by atomic mass is 16.5. The summed E-state index contributed by atoms with van der Waals surface area (Å²) >= 11 is 0. The van der Waals surface area contributed by atoms with Crippen LogP contribution in [0.1, 0.15) is 40.5 Å². The Morgan fingerprint density at radius 3 is 2.37 bits per heavy atom. The summed E-state index contributed by atoms with van der Waals surface area (Å²) in [6.45, 7) is 9.22. The van der Waals surface area contributed by atoms with Crippen molar-refractivity contribution in [1.29, 1.82) is 0 Å². The Labute approximate surface area is 115 Å². The lowest BCUT2D eigenvalue weighted by Gasteiger charge is -2.27. The Hall–Kier alpha value is -0.650. The smallest absolute Gasteiger partial charge is 0.328 e. The van der Waals surface area contributed by atoms with E-state index in [4.69, 9.17) is 19.9 Å². The van der Waals surface area contributed by atoms with E-state index >= 15 is 0 Å². The second-order valence-corrected chi connectivity index (χ2v) is 6.05. The first kappa shape index (κ1) is 16.4. The van der Waals surface area contributed by atoms with Gasteiger partial charge in [0, 0.05) is 0 Å². The lowest BCUT2D eigenvalue weighted by atomic mass is 9.96. The molecule has 1 unspecified atom stereocenters. The molecule has 5 heteroatoms. The molecule has 5 nitrogen and oxygen atoms in total. The van der Waals surface area contributed by atoms with Crippen molar-refractivity contribution < 1.29 is 19.0 Å². The number of carbonyl (C=O) groups excluding carboxylic acids is 1. The summed E-state index contributed by atoms with van der Waals surface area (Å²) in [7, 11) is 0. The fourth-order valence-electron chi connectivity index (χ4n) is 1.86. The van der Waals surface area contributed by atoms with Gasteiger partial charge in [-0.05, 0) is 46.5 Å². The van der Waals surface area contributed by atoms with Gasteiger partial charge >= 0.3 is 5.97 Å². The molecule has 0 aromatic carbocycles. The van der Waals surface area contributed by atoms with Gasteiger partial charge in [0.05, 0.1) is 32.0 Å². The summed E-state index contributed by atoms with van der Waals surface area (Å²) in [4.78, 5) is 11.9. The molecule has 0 saturated heterocycles.